The molecule has 3 aromatic rings. The van der Waals surface area contributed by atoms with Crippen LogP contribution in [0.4, 0.5) is 5.69 Å². The summed E-state index contributed by atoms with van der Waals surface area (Å²) in [4.78, 5) is 40.5. The summed E-state index contributed by atoms with van der Waals surface area (Å²) >= 11 is 0. The third-order valence-electron chi connectivity index (χ3n) is 4.50. The number of fused-ring (bicyclic) bond motifs is 1. The van der Waals surface area contributed by atoms with E-state index in [2.05, 4.69) is 10.1 Å². The zero-order valence-electron chi connectivity index (χ0n) is 14.7. The van der Waals surface area contributed by atoms with E-state index < -0.39 is 4.92 Å². The van der Waals surface area contributed by atoms with Crippen molar-refractivity contribution in [2.75, 3.05) is 6.54 Å². The Morgan fingerprint density at radius 2 is 1.68 bits per heavy atom. The van der Waals surface area contributed by atoms with Crippen LogP contribution in [0.1, 0.15) is 27.1 Å². The quantitative estimate of drug-likeness (QED) is 0.371. The number of rotatable bonds is 6. The van der Waals surface area contributed by atoms with Crippen LogP contribution in [0, 0.1) is 10.1 Å². The number of hydrogen-bond donors (Lipinski definition) is 0. The normalized spacial score (nSPS) is 13.1. The van der Waals surface area contributed by atoms with Gasteiger partial charge in [-0.3, -0.25) is 29.3 Å². The molecule has 1 aromatic heterocycles. The van der Waals surface area contributed by atoms with Crippen molar-refractivity contribution in [1.82, 2.24) is 19.7 Å². The molecule has 0 atom stereocenters. The highest BCUT2D eigenvalue weighted by Crippen LogP contribution is 2.23. The van der Waals surface area contributed by atoms with Gasteiger partial charge in [0.15, 0.2) is 5.82 Å². The summed E-state index contributed by atoms with van der Waals surface area (Å²) in [5.74, 6) is -0.183. The van der Waals surface area contributed by atoms with Gasteiger partial charge in [-0.15, -0.1) is 0 Å². The van der Waals surface area contributed by atoms with Crippen molar-refractivity contribution in [3.63, 3.8) is 0 Å². The summed E-state index contributed by atoms with van der Waals surface area (Å²) in [6.45, 7) is 0.730. The predicted octanol–water partition coefficient (Wildman–Crippen LogP) is 2.54. The summed E-state index contributed by atoms with van der Waals surface area (Å²) in [5, 5.41) is 15.2. The summed E-state index contributed by atoms with van der Waals surface area (Å²) in [5.41, 5.74) is 1.38. The zero-order chi connectivity index (χ0) is 19.7. The van der Waals surface area contributed by atoms with E-state index in [0.29, 0.717) is 35.5 Å². The Hall–Kier alpha value is -3.88. The van der Waals surface area contributed by atoms with E-state index in [9.17, 15) is 19.7 Å². The Labute approximate surface area is 159 Å². The minimum Gasteiger partial charge on any atom is -0.274 e. The fourth-order valence-electron chi connectivity index (χ4n) is 3.13. The monoisotopic (exact) mass is 377 g/mol. The lowest BCUT2D eigenvalue weighted by Crippen LogP contribution is -2.31. The van der Waals surface area contributed by atoms with Crippen LogP contribution in [-0.2, 0) is 6.54 Å². The lowest BCUT2D eigenvalue weighted by molar-refractivity contribution is -0.384. The molecule has 0 radical (unpaired) electrons. The number of aromatic nitrogens is 3. The number of hydrogen-bond acceptors (Lipinski definition) is 6. The Morgan fingerprint density at radius 1 is 0.964 bits per heavy atom. The second-order valence-corrected chi connectivity index (χ2v) is 6.30. The van der Waals surface area contributed by atoms with E-state index in [4.69, 9.17) is 0 Å². The Kier molecular flexibility index (Phi) is 4.40. The number of non-ortho nitro benzene ring substituents is 1. The van der Waals surface area contributed by atoms with Crippen LogP contribution in [0.15, 0.2) is 54.9 Å². The number of carbonyl (C=O) groups is 2. The first-order valence-corrected chi connectivity index (χ1v) is 8.64. The average molecular weight is 377 g/mol. The first-order valence-electron chi connectivity index (χ1n) is 8.64. The van der Waals surface area contributed by atoms with Crippen LogP contribution < -0.4 is 0 Å². The summed E-state index contributed by atoms with van der Waals surface area (Å²) in [7, 11) is 0. The molecule has 1 aliphatic heterocycles. The second kappa shape index (κ2) is 7.03. The summed E-state index contributed by atoms with van der Waals surface area (Å²) < 4.78 is 1.59. The number of nitro groups is 1. The van der Waals surface area contributed by atoms with Crippen molar-refractivity contribution >= 4 is 17.5 Å². The molecule has 0 saturated heterocycles. The Balaban J connectivity index is 1.40. The third-order valence-corrected chi connectivity index (χ3v) is 4.50. The van der Waals surface area contributed by atoms with Gasteiger partial charge in [-0.25, -0.2) is 4.98 Å². The smallest absolute Gasteiger partial charge is 0.270 e. The van der Waals surface area contributed by atoms with Crippen molar-refractivity contribution in [2.24, 2.45) is 0 Å². The molecule has 0 spiro atoms. The molecule has 1 aliphatic rings. The molecule has 28 heavy (non-hydrogen) atoms. The van der Waals surface area contributed by atoms with Crippen molar-refractivity contribution in [3.8, 4) is 11.4 Å². The van der Waals surface area contributed by atoms with Crippen LogP contribution >= 0.6 is 0 Å². The van der Waals surface area contributed by atoms with Gasteiger partial charge in [0.2, 0.25) is 0 Å². The highest BCUT2D eigenvalue weighted by atomic mass is 16.6. The molecule has 9 heteroatoms. The fraction of sp³-hybridized carbons (Fsp3) is 0.158. The highest BCUT2D eigenvalue weighted by molar-refractivity contribution is 6.21. The van der Waals surface area contributed by atoms with E-state index in [1.54, 1.807) is 41.1 Å². The molecule has 2 aromatic carbocycles. The maximum Gasteiger partial charge on any atom is 0.270 e. The molecule has 2 amide bonds. The summed E-state index contributed by atoms with van der Waals surface area (Å²) in [6.07, 6.45) is 2.04. The maximum atomic E-state index is 12.3. The molecule has 0 N–H and O–H groups in total. The van der Waals surface area contributed by atoms with Crippen molar-refractivity contribution < 1.29 is 14.5 Å². The van der Waals surface area contributed by atoms with Crippen LogP contribution in [0.25, 0.3) is 11.4 Å². The molecule has 0 aliphatic carbocycles. The lowest BCUT2D eigenvalue weighted by Gasteiger charge is -2.13. The molecular formula is C19H15N5O4. The van der Waals surface area contributed by atoms with E-state index in [-0.39, 0.29) is 24.0 Å². The summed E-state index contributed by atoms with van der Waals surface area (Å²) in [6, 6.07) is 12.9. The number of imide groups is 1. The molecule has 0 bridgehead atoms. The number of amides is 2. The topological polar surface area (TPSA) is 111 Å². The molecule has 0 saturated carbocycles. The molecule has 2 heterocycles. The van der Waals surface area contributed by atoms with E-state index in [1.165, 1.54) is 23.4 Å². The zero-order valence-corrected chi connectivity index (χ0v) is 14.7. The van der Waals surface area contributed by atoms with Gasteiger partial charge < -0.3 is 0 Å². The van der Waals surface area contributed by atoms with Crippen LogP contribution in [0.2, 0.25) is 0 Å². The first kappa shape index (κ1) is 17.5. The third kappa shape index (κ3) is 3.13. The second-order valence-electron chi connectivity index (χ2n) is 6.30. The minimum atomic E-state index is -0.470. The number of aryl methyl sites for hydroxylation is 1. The molecular weight excluding hydrogens is 362 g/mol. The number of carbonyl (C=O) groups excluding carboxylic acids is 2. The number of nitro benzene ring substituents is 1. The van der Waals surface area contributed by atoms with Crippen LogP contribution in [0.5, 0.6) is 0 Å². The van der Waals surface area contributed by atoms with Gasteiger partial charge in [0, 0.05) is 30.8 Å². The fourth-order valence-corrected chi connectivity index (χ4v) is 3.13. The molecule has 0 unspecified atom stereocenters. The van der Waals surface area contributed by atoms with Gasteiger partial charge in [-0.2, -0.15) is 5.10 Å². The van der Waals surface area contributed by atoms with Crippen LogP contribution in [-0.4, -0.2) is 42.9 Å². The van der Waals surface area contributed by atoms with Gasteiger partial charge >= 0.3 is 0 Å². The van der Waals surface area contributed by atoms with Crippen molar-refractivity contribution in [1.29, 1.82) is 0 Å². The van der Waals surface area contributed by atoms with Crippen molar-refractivity contribution in [3.05, 3.63) is 76.1 Å². The lowest BCUT2D eigenvalue weighted by atomic mass is 10.1. The predicted molar refractivity (Wildman–Crippen MR) is 98.5 cm³/mol. The number of nitrogens with zero attached hydrogens (tertiary/aromatic N) is 5. The van der Waals surface area contributed by atoms with Gasteiger partial charge in [0.1, 0.15) is 6.33 Å². The standard InChI is InChI=1S/C19H15N5O4/c25-18-15-7-1-2-8-16(15)19(26)23(18)10-4-9-22-12-20-17(21-22)13-5-3-6-14(11-13)24(27)28/h1-3,5-8,11-12H,4,9-10H2. The van der Waals surface area contributed by atoms with Crippen molar-refractivity contribution in [2.45, 2.75) is 13.0 Å². The maximum absolute atomic E-state index is 12.3. The molecule has 9 nitrogen and oxygen atoms in total. The highest BCUT2D eigenvalue weighted by Gasteiger charge is 2.34. The van der Waals surface area contributed by atoms with Gasteiger partial charge in [0.25, 0.3) is 17.5 Å². The number of benzene rings is 2. The SMILES string of the molecule is O=C1c2ccccc2C(=O)N1CCCn1cnc(-c2cccc([N+](=O)[O-])c2)n1. The molecule has 4 rings (SSSR count). The van der Waals surface area contributed by atoms with E-state index in [0.717, 1.165) is 0 Å². The Morgan fingerprint density at radius 3 is 2.36 bits per heavy atom. The minimum absolute atomic E-state index is 0.0283. The Bertz CT molecular complexity index is 1060. The van der Waals surface area contributed by atoms with E-state index in [1.807, 2.05) is 0 Å². The van der Waals surface area contributed by atoms with E-state index >= 15 is 0 Å². The van der Waals surface area contributed by atoms with Gasteiger partial charge in [-0.05, 0) is 18.6 Å². The van der Waals surface area contributed by atoms with Gasteiger partial charge in [0.05, 0.1) is 16.1 Å². The first-order chi connectivity index (χ1) is 13.5. The van der Waals surface area contributed by atoms with Crippen LogP contribution in [0.3, 0.4) is 0 Å². The largest absolute Gasteiger partial charge is 0.274 e. The van der Waals surface area contributed by atoms with Gasteiger partial charge in [-0.1, -0.05) is 24.3 Å². The molecule has 0 fully saturated rings. The average Bonchev–Trinajstić information content (AvgIpc) is 3.27. The molecule has 140 valence electrons.